The van der Waals surface area contributed by atoms with Gasteiger partial charge in [-0.2, -0.15) is 0 Å². The van der Waals surface area contributed by atoms with Crippen LogP contribution in [-0.2, 0) is 17.7 Å². The zero-order valence-corrected chi connectivity index (χ0v) is 9.50. The molecule has 0 amide bonds. The van der Waals surface area contributed by atoms with Gasteiger partial charge in [0.15, 0.2) is 0 Å². The predicted molar refractivity (Wildman–Crippen MR) is 52.2 cm³/mol. The third-order valence-corrected chi connectivity index (χ3v) is 4.61. The molecular formula is C12H10Ir. The molecule has 0 aromatic heterocycles. The Hall–Kier alpha value is -0.911. The molecule has 0 N–H and O–H groups in total. The summed E-state index contributed by atoms with van der Waals surface area (Å²) >= 11 is -0.108. The van der Waals surface area contributed by atoms with Crippen LogP contribution in [0.25, 0.3) is 0 Å². The van der Waals surface area contributed by atoms with Crippen molar-refractivity contribution in [2.75, 3.05) is 0 Å². The van der Waals surface area contributed by atoms with E-state index in [4.69, 9.17) is 0 Å². The summed E-state index contributed by atoms with van der Waals surface area (Å²) in [6.45, 7) is 0. The molecule has 0 spiro atoms. The molecule has 0 heterocycles. The predicted octanol–water partition coefficient (Wildman–Crippen LogP) is 1.72. The Kier molecular flexibility index (Phi) is 2.91. The van der Waals surface area contributed by atoms with E-state index in [1.54, 1.807) is 0 Å². The third-order valence-electron chi connectivity index (χ3n) is 1.63. The third kappa shape index (κ3) is 2.51. The van der Waals surface area contributed by atoms with Crippen molar-refractivity contribution in [2.24, 2.45) is 0 Å². The van der Waals surface area contributed by atoms with Crippen molar-refractivity contribution in [3.05, 3.63) is 60.7 Å². The molecule has 0 atom stereocenters. The first kappa shape index (κ1) is 8.68. The quantitative estimate of drug-likeness (QED) is 0.777. The van der Waals surface area contributed by atoms with Crippen molar-refractivity contribution in [1.82, 2.24) is 0 Å². The second-order valence-electron chi connectivity index (χ2n) is 2.62. The monoisotopic (exact) mass is 347 g/mol. The Morgan fingerprint density at radius 1 is 0.538 bits per heavy atom. The summed E-state index contributed by atoms with van der Waals surface area (Å²) in [5.41, 5.74) is 0. The van der Waals surface area contributed by atoms with Gasteiger partial charge in [-0.25, -0.2) is 0 Å². The van der Waals surface area contributed by atoms with E-state index in [-0.39, 0.29) is 17.7 Å². The van der Waals surface area contributed by atoms with Gasteiger partial charge in [0, 0.05) is 0 Å². The van der Waals surface area contributed by atoms with E-state index in [2.05, 4.69) is 60.7 Å². The Morgan fingerprint density at radius 2 is 0.923 bits per heavy atom. The van der Waals surface area contributed by atoms with Crippen LogP contribution in [0.1, 0.15) is 0 Å². The standard InChI is InChI=1S/2C6H5.Ir/c2*1-2-4-6-5-3-1;/h2*1-5H;. The zero-order valence-electron chi connectivity index (χ0n) is 7.11. The summed E-state index contributed by atoms with van der Waals surface area (Å²) in [5, 5.41) is 0. The van der Waals surface area contributed by atoms with Crippen LogP contribution in [0.3, 0.4) is 0 Å². The molecule has 0 nitrogen and oxygen atoms in total. The molecule has 0 saturated heterocycles. The van der Waals surface area contributed by atoms with Crippen molar-refractivity contribution in [3.63, 3.8) is 0 Å². The molecule has 2 aromatic carbocycles. The molecule has 0 saturated carbocycles. The molecule has 67 valence electrons. The molecule has 0 aliphatic carbocycles. The molecular weight excluding hydrogens is 336 g/mol. The van der Waals surface area contributed by atoms with Gasteiger partial charge in [0.1, 0.15) is 0 Å². The molecule has 0 unspecified atom stereocenters. The Balaban J connectivity index is 2.16. The molecule has 2 aromatic rings. The van der Waals surface area contributed by atoms with Gasteiger partial charge in [0.05, 0.1) is 0 Å². The second-order valence-corrected chi connectivity index (χ2v) is 5.99. The maximum absolute atomic E-state index is 2.22. The molecule has 0 radical (unpaired) electrons. The van der Waals surface area contributed by atoms with Gasteiger partial charge in [-0.05, 0) is 0 Å². The van der Waals surface area contributed by atoms with E-state index in [1.807, 2.05) is 0 Å². The van der Waals surface area contributed by atoms with E-state index in [0.717, 1.165) is 0 Å². The minimum atomic E-state index is -0.108. The van der Waals surface area contributed by atoms with Crippen LogP contribution < -0.4 is 8.15 Å². The Morgan fingerprint density at radius 3 is 1.31 bits per heavy atom. The van der Waals surface area contributed by atoms with Gasteiger partial charge < -0.3 is 0 Å². The summed E-state index contributed by atoms with van der Waals surface area (Å²) in [5.74, 6) is 0. The van der Waals surface area contributed by atoms with Crippen LogP contribution in [0.4, 0.5) is 0 Å². The first-order valence-corrected chi connectivity index (χ1v) is 6.55. The van der Waals surface area contributed by atoms with E-state index < -0.39 is 0 Å². The van der Waals surface area contributed by atoms with Gasteiger partial charge in [-0.1, -0.05) is 0 Å². The fourth-order valence-corrected chi connectivity index (χ4v) is 3.55. The van der Waals surface area contributed by atoms with E-state index in [9.17, 15) is 0 Å². The summed E-state index contributed by atoms with van der Waals surface area (Å²) in [6, 6.07) is 21.5. The van der Waals surface area contributed by atoms with Crippen LogP contribution in [0.5, 0.6) is 0 Å². The fourth-order valence-electron chi connectivity index (χ4n) is 1.03. The van der Waals surface area contributed by atoms with Crippen molar-refractivity contribution in [1.29, 1.82) is 0 Å². The van der Waals surface area contributed by atoms with Crippen LogP contribution in [0.2, 0.25) is 0 Å². The average molecular weight is 346 g/mol. The van der Waals surface area contributed by atoms with Gasteiger partial charge in [0.25, 0.3) is 0 Å². The Bertz CT molecular complexity index is 316. The molecule has 2 rings (SSSR count). The van der Waals surface area contributed by atoms with Crippen LogP contribution >= 0.6 is 0 Å². The SMILES string of the molecule is c1cc[c]([Ir][c]2ccccc2)cc1. The molecule has 13 heavy (non-hydrogen) atoms. The summed E-state index contributed by atoms with van der Waals surface area (Å²) in [6.07, 6.45) is 0. The van der Waals surface area contributed by atoms with E-state index >= 15 is 0 Å². The molecule has 0 aliphatic heterocycles. The van der Waals surface area contributed by atoms with Gasteiger partial charge in [-0.15, -0.1) is 0 Å². The maximum atomic E-state index is 2.22. The first-order chi connectivity index (χ1) is 6.45. The zero-order chi connectivity index (χ0) is 8.93. The summed E-state index contributed by atoms with van der Waals surface area (Å²) < 4.78 is 2.99. The number of hydrogen-bond donors (Lipinski definition) is 0. The minimum absolute atomic E-state index is 0.108. The average Bonchev–Trinajstić information content (AvgIpc) is 2.21. The van der Waals surface area contributed by atoms with Crippen LogP contribution in [0.15, 0.2) is 60.7 Å². The van der Waals surface area contributed by atoms with Crippen molar-refractivity contribution >= 4 is 8.15 Å². The fraction of sp³-hybridized carbons (Fsp3) is 0. The second kappa shape index (κ2) is 4.36. The normalized spacial score (nSPS) is 10.2. The topological polar surface area (TPSA) is 0 Å². The number of hydrogen-bond acceptors (Lipinski definition) is 0. The van der Waals surface area contributed by atoms with Gasteiger partial charge in [0.2, 0.25) is 0 Å². The van der Waals surface area contributed by atoms with Gasteiger partial charge >= 0.3 is 86.5 Å². The van der Waals surface area contributed by atoms with Crippen molar-refractivity contribution in [2.45, 2.75) is 0 Å². The van der Waals surface area contributed by atoms with Crippen LogP contribution in [-0.4, -0.2) is 0 Å². The van der Waals surface area contributed by atoms with Crippen molar-refractivity contribution < 1.29 is 17.7 Å². The van der Waals surface area contributed by atoms with E-state index in [1.165, 1.54) is 8.15 Å². The van der Waals surface area contributed by atoms with E-state index in [0.29, 0.717) is 0 Å². The van der Waals surface area contributed by atoms with Crippen molar-refractivity contribution in [3.8, 4) is 0 Å². The first-order valence-electron chi connectivity index (χ1n) is 4.15. The van der Waals surface area contributed by atoms with Gasteiger partial charge in [-0.3, -0.25) is 0 Å². The molecule has 0 aliphatic rings. The molecule has 0 fully saturated rings. The van der Waals surface area contributed by atoms with Crippen LogP contribution in [0, 0.1) is 0 Å². The number of benzene rings is 2. The summed E-state index contributed by atoms with van der Waals surface area (Å²) in [4.78, 5) is 0. The Labute approximate surface area is 86.6 Å². The molecule has 1 heteroatoms. The molecule has 0 bridgehead atoms. The number of rotatable bonds is 2. The summed E-state index contributed by atoms with van der Waals surface area (Å²) in [7, 11) is 0.